The molecule has 0 aromatic heterocycles. The van der Waals surface area contributed by atoms with Crippen molar-refractivity contribution in [1.29, 1.82) is 0 Å². The third-order valence-corrected chi connectivity index (χ3v) is 4.09. The summed E-state index contributed by atoms with van der Waals surface area (Å²) in [5, 5.41) is 0. The molecule has 0 heterocycles. The second-order valence-electron chi connectivity index (χ2n) is 5.21. The lowest BCUT2D eigenvalue weighted by Gasteiger charge is -2.42. The minimum absolute atomic E-state index is 0.181. The number of benzene rings is 1. The van der Waals surface area contributed by atoms with Crippen LogP contribution in [-0.2, 0) is 0 Å². The summed E-state index contributed by atoms with van der Waals surface area (Å²) in [6, 6.07) is 6.66. The lowest BCUT2D eigenvalue weighted by atomic mass is 9.66. The Kier molecular flexibility index (Phi) is 3.67. The molecule has 0 bridgehead atoms. The third-order valence-electron chi connectivity index (χ3n) is 4.09. The van der Waals surface area contributed by atoms with Gasteiger partial charge in [-0.25, -0.2) is 4.39 Å². The van der Waals surface area contributed by atoms with Crippen LogP contribution < -0.4 is 10.6 Å². The van der Waals surface area contributed by atoms with Crippen molar-refractivity contribution in [3.05, 3.63) is 30.1 Å². The second-order valence-corrected chi connectivity index (χ2v) is 5.21. The van der Waals surface area contributed by atoms with E-state index in [0.717, 1.165) is 25.2 Å². The number of rotatable bonds is 5. The van der Waals surface area contributed by atoms with Crippen molar-refractivity contribution in [2.45, 2.75) is 25.7 Å². The van der Waals surface area contributed by atoms with E-state index in [9.17, 15) is 4.39 Å². The smallest absolute Gasteiger partial charge is 0.123 e. The standard InChI is InChI=1S/C14H21FN2/c1-17(13-5-3-12(15)4-6-13)10-9-14(11-16)7-2-8-14/h3-6H,2,7-11,16H2,1H3. The highest BCUT2D eigenvalue weighted by atomic mass is 19.1. The van der Waals surface area contributed by atoms with Crippen molar-refractivity contribution in [3.8, 4) is 0 Å². The van der Waals surface area contributed by atoms with E-state index < -0.39 is 0 Å². The molecule has 1 saturated carbocycles. The van der Waals surface area contributed by atoms with Gasteiger partial charge in [-0.15, -0.1) is 0 Å². The quantitative estimate of drug-likeness (QED) is 0.851. The number of anilines is 1. The summed E-state index contributed by atoms with van der Waals surface area (Å²) in [6.07, 6.45) is 4.98. The average molecular weight is 236 g/mol. The number of hydrogen-bond donors (Lipinski definition) is 1. The van der Waals surface area contributed by atoms with Gasteiger partial charge >= 0.3 is 0 Å². The van der Waals surface area contributed by atoms with Crippen LogP contribution in [0.25, 0.3) is 0 Å². The highest BCUT2D eigenvalue weighted by molar-refractivity contribution is 5.45. The molecule has 2 nitrogen and oxygen atoms in total. The van der Waals surface area contributed by atoms with Crippen LogP contribution in [0.1, 0.15) is 25.7 Å². The zero-order valence-corrected chi connectivity index (χ0v) is 10.5. The van der Waals surface area contributed by atoms with Gasteiger partial charge in [-0.05, 0) is 55.5 Å². The van der Waals surface area contributed by atoms with E-state index in [-0.39, 0.29) is 5.82 Å². The molecule has 1 aliphatic rings. The Hall–Kier alpha value is -1.09. The number of nitrogens with two attached hydrogens (primary N) is 1. The molecule has 1 aromatic carbocycles. The second kappa shape index (κ2) is 5.05. The maximum absolute atomic E-state index is 12.8. The summed E-state index contributed by atoms with van der Waals surface area (Å²) in [5.74, 6) is -0.181. The third kappa shape index (κ3) is 2.78. The minimum atomic E-state index is -0.181. The fourth-order valence-electron chi connectivity index (χ4n) is 2.46. The molecule has 3 heteroatoms. The molecule has 1 fully saturated rings. The Morgan fingerprint density at radius 3 is 2.41 bits per heavy atom. The number of hydrogen-bond acceptors (Lipinski definition) is 2. The van der Waals surface area contributed by atoms with Crippen LogP contribution in [0.4, 0.5) is 10.1 Å². The van der Waals surface area contributed by atoms with Crippen molar-refractivity contribution in [3.63, 3.8) is 0 Å². The van der Waals surface area contributed by atoms with Crippen molar-refractivity contribution < 1.29 is 4.39 Å². The summed E-state index contributed by atoms with van der Waals surface area (Å²) >= 11 is 0. The SMILES string of the molecule is CN(CCC1(CN)CCC1)c1ccc(F)cc1. The monoisotopic (exact) mass is 236 g/mol. The van der Waals surface area contributed by atoms with E-state index in [1.807, 2.05) is 12.1 Å². The highest BCUT2D eigenvalue weighted by Crippen LogP contribution is 2.43. The molecule has 2 rings (SSSR count). The van der Waals surface area contributed by atoms with E-state index in [0.29, 0.717) is 5.41 Å². The first kappa shape index (κ1) is 12.4. The predicted molar refractivity (Wildman–Crippen MR) is 69.6 cm³/mol. The molecule has 0 aliphatic heterocycles. The molecule has 0 radical (unpaired) electrons. The van der Waals surface area contributed by atoms with E-state index in [1.54, 1.807) is 0 Å². The van der Waals surface area contributed by atoms with Crippen molar-refractivity contribution in [2.75, 3.05) is 25.0 Å². The fraction of sp³-hybridized carbons (Fsp3) is 0.571. The van der Waals surface area contributed by atoms with Gasteiger partial charge in [0, 0.05) is 19.3 Å². The van der Waals surface area contributed by atoms with Gasteiger partial charge in [0.15, 0.2) is 0 Å². The normalized spacial score (nSPS) is 17.6. The number of nitrogens with zero attached hydrogens (tertiary/aromatic N) is 1. The first-order valence-electron chi connectivity index (χ1n) is 6.32. The minimum Gasteiger partial charge on any atom is -0.375 e. The summed E-state index contributed by atoms with van der Waals surface area (Å²) in [7, 11) is 2.05. The molecular weight excluding hydrogens is 215 g/mol. The van der Waals surface area contributed by atoms with Crippen molar-refractivity contribution in [2.24, 2.45) is 11.1 Å². The van der Waals surface area contributed by atoms with Crippen LogP contribution >= 0.6 is 0 Å². The van der Waals surface area contributed by atoms with Crippen LogP contribution in [0, 0.1) is 11.2 Å². The fourth-order valence-corrected chi connectivity index (χ4v) is 2.46. The van der Waals surface area contributed by atoms with Gasteiger partial charge in [-0.2, -0.15) is 0 Å². The maximum Gasteiger partial charge on any atom is 0.123 e. The summed E-state index contributed by atoms with van der Waals surface area (Å²) in [4.78, 5) is 2.18. The number of halogens is 1. The molecule has 0 spiro atoms. The predicted octanol–water partition coefficient (Wildman–Crippen LogP) is 2.78. The van der Waals surface area contributed by atoms with Crippen LogP contribution in [0.2, 0.25) is 0 Å². The van der Waals surface area contributed by atoms with Gasteiger partial charge in [0.2, 0.25) is 0 Å². The zero-order valence-electron chi connectivity index (χ0n) is 10.5. The zero-order chi connectivity index (χ0) is 12.3. The Balaban J connectivity index is 1.88. The molecule has 17 heavy (non-hydrogen) atoms. The van der Waals surface area contributed by atoms with Crippen LogP contribution in [0.3, 0.4) is 0 Å². The van der Waals surface area contributed by atoms with Crippen molar-refractivity contribution >= 4 is 5.69 Å². The molecule has 0 unspecified atom stereocenters. The first-order chi connectivity index (χ1) is 8.15. The van der Waals surface area contributed by atoms with Crippen LogP contribution in [-0.4, -0.2) is 20.1 Å². The summed E-state index contributed by atoms with van der Waals surface area (Å²) in [6.45, 7) is 1.78. The average Bonchev–Trinajstić information content (AvgIpc) is 2.29. The Bertz CT molecular complexity index is 351. The Labute approximate surface area is 103 Å². The molecular formula is C14H21FN2. The van der Waals surface area contributed by atoms with Crippen LogP contribution in [0.15, 0.2) is 24.3 Å². The molecule has 0 atom stereocenters. The topological polar surface area (TPSA) is 29.3 Å². The maximum atomic E-state index is 12.8. The van der Waals surface area contributed by atoms with Gasteiger partial charge in [-0.1, -0.05) is 6.42 Å². The highest BCUT2D eigenvalue weighted by Gasteiger charge is 2.35. The summed E-state index contributed by atoms with van der Waals surface area (Å²) < 4.78 is 12.8. The van der Waals surface area contributed by atoms with Crippen LogP contribution in [0.5, 0.6) is 0 Å². The largest absolute Gasteiger partial charge is 0.375 e. The molecule has 0 amide bonds. The van der Waals surface area contributed by atoms with Gasteiger partial charge in [0.05, 0.1) is 0 Å². The first-order valence-corrected chi connectivity index (χ1v) is 6.32. The Morgan fingerprint density at radius 2 is 1.94 bits per heavy atom. The molecule has 94 valence electrons. The molecule has 1 aromatic rings. The summed E-state index contributed by atoms with van der Waals surface area (Å²) in [5.41, 5.74) is 7.30. The lowest BCUT2D eigenvalue weighted by molar-refractivity contribution is 0.134. The molecule has 2 N–H and O–H groups in total. The van der Waals surface area contributed by atoms with Gasteiger partial charge in [-0.3, -0.25) is 0 Å². The lowest BCUT2D eigenvalue weighted by Crippen LogP contribution is -2.40. The van der Waals surface area contributed by atoms with E-state index in [4.69, 9.17) is 5.73 Å². The van der Waals surface area contributed by atoms with E-state index in [2.05, 4.69) is 11.9 Å². The van der Waals surface area contributed by atoms with Gasteiger partial charge in [0.1, 0.15) is 5.82 Å². The van der Waals surface area contributed by atoms with Gasteiger partial charge < -0.3 is 10.6 Å². The van der Waals surface area contributed by atoms with E-state index >= 15 is 0 Å². The molecule has 0 saturated heterocycles. The van der Waals surface area contributed by atoms with E-state index in [1.165, 1.54) is 31.4 Å². The Morgan fingerprint density at radius 1 is 1.29 bits per heavy atom. The molecule has 1 aliphatic carbocycles. The van der Waals surface area contributed by atoms with Crippen molar-refractivity contribution in [1.82, 2.24) is 0 Å². The van der Waals surface area contributed by atoms with Gasteiger partial charge in [0.25, 0.3) is 0 Å².